The number of benzene rings is 1. The molecule has 0 fully saturated rings. The molecule has 0 unspecified atom stereocenters. The summed E-state index contributed by atoms with van der Waals surface area (Å²) >= 11 is 0. The normalized spacial score (nSPS) is 14.1. The summed E-state index contributed by atoms with van der Waals surface area (Å²) in [5, 5.41) is 25.6. The largest absolute Gasteiger partial charge is 0.507 e. The van der Waals surface area contributed by atoms with Crippen molar-refractivity contribution < 1.29 is 15.0 Å². The maximum absolute atomic E-state index is 10.8. The molecule has 0 saturated carbocycles. The highest BCUT2D eigenvalue weighted by Gasteiger charge is 2.19. The average molecular weight is 258 g/mol. The first-order valence-corrected chi connectivity index (χ1v) is 6.29. The quantitative estimate of drug-likeness (QED) is 0.771. The van der Waals surface area contributed by atoms with Gasteiger partial charge in [0.05, 0.1) is 5.69 Å². The molecule has 0 bridgehead atoms. The van der Waals surface area contributed by atoms with Crippen LogP contribution in [0.2, 0.25) is 0 Å². The molecular formula is C14H14N2O3. The number of carboxylic acids is 1. The lowest BCUT2D eigenvalue weighted by Gasteiger charge is -2.18. The zero-order valence-corrected chi connectivity index (χ0v) is 10.3. The number of carbonyl (C=O) groups is 1. The minimum absolute atomic E-state index is 0.0205. The molecule has 0 atom stereocenters. The summed E-state index contributed by atoms with van der Waals surface area (Å²) < 4.78 is 0. The van der Waals surface area contributed by atoms with Crippen LogP contribution in [0.15, 0.2) is 18.2 Å². The van der Waals surface area contributed by atoms with E-state index in [4.69, 9.17) is 5.11 Å². The number of aromatic hydroxyl groups is 1. The summed E-state index contributed by atoms with van der Waals surface area (Å²) in [6.45, 7) is 0. The molecule has 3 N–H and O–H groups in total. The van der Waals surface area contributed by atoms with E-state index in [9.17, 15) is 9.90 Å². The molecule has 5 nitrogen and oxygen atoms in total. The van der Waals surface area contributed by atoms with Crippen LogP contribution in [-0.2, 0) is 12.8 Å². The molecule has 3 rings (SSSR count). The second-order valence-corrected chi connectivity index (χ2v) is 4.78. The molecule has 98 valence electrons. The molecule has 0 saturated heterocycles. The Hall–Kier alpha value is -2.30. The number of H-pyrrole nitrogens is 1. The predicted molar refractivity (Wildman–Crippen MR) is 69.3 cm³/mol. The van der Waals surface area contributed by atoms with Gasteiger partial charge >= 0.3 is 5.97 Å². The number of phenolic OH excluding ortho intramolecular Hbond substituents is 1. The van der Waals surface area contributed by atoms with Crippen LogP contribution < -0.4 is 0 Å². The van der Waals surface area contributed by atoms with Crippen LogP contribution in [0.3, 0.4) is 0 Å². The molecule has 1 aromatic carbocycles. The lowest BCUT2D eigenvalue weighted by molar-refractivity contribution is 0.0690. The number of aromatic carboxylic acids is 1. The maximum atomic E-state index is 10.8. The Balaban J connectivity index is 2.07. The predicted octanol–water partition coefficient (Wildman–Crippen LogP) is 2.36. The Kier molecular flexibility index (Phi) is 2.74. The summed E-state index contributed by atoms with van der Waals surface area (Å²) in [5.41, 5.74) is 3.23. The standard InChI is InChI=1S/C14H14N2O3/c17-13-9-4-2-1-3-8(9)5-6-10(13)11-7-12(14(18)19)16-15-11/h5-7,17H,1-4H2,(H,15,16)(H,18,19). The number of rotatable bonds is 2. The highest BCUT2D eigenvalue weighted by atomic mass is 16.4. The minimum atomic E-state index is -1.06. The number of aryl methyl sites for hydroxylation is 1. The van der Waals surface area contributed by atoms with Crippen molar-refractivity contribution in [1.29, 1.82) is 0 Å². The van der Waals surface area contributed by atoms with Gasteiger partial charge < -0.3 is 10.2 Å². The number of aromatic nitrogens is 2. The van der Waals surface area contributed by atoms with Crippen LogP contribution in [0, 0.1) is 0 Å². The van der Waals surface area contributed by atoms with Gasteiger partial charge in [-0.2, -0.15) is 5.10 Å². The molecule has 1 aliphatic carbocycles. The number of hydrogen-bond donors (Lipinski definition) is 3. The van der Waals surface area contributed by atoms with Crippen molar-refractivity contribution in [2.75, 3.05) is 0 Å². The lowest BCUT2D eigenvalue weighted by Crippen LogP contribution is -2.03. The third kappa shape index (κ3) is 1.97. The van der Waals surface area contributed by atoms with Crippen LogP contribution in [-0.4, -0.2) is 26.4 Å². The zero-order valence-electron chi connectivity index (χ0n) is 10.3. The molecule has 5 heteroatoms. The molecule has 1 aromatic heterocycles. The van der Waals surface area contributed by atoms with Gasteiger partial charge in [0, 0.05) is 5.56 Å². The summed E-state index contributed by atoms with van der Waals surface area (Å²) in [6.07, 6.45) is 4.08. The Labute approximate surface area is 109 Å². The van der Waals surface area contributed by atoms with Gasteiger partial charge in [0.15, 0.2) is 0 Å². The van der Waals surface area contributed by atoms with Gasteiger partial charge in [0.2, 0.25) is 0 Å². The highest BCUT2D eigenvalue weighted by molar-refractivity contribution is 5.87. The number of phenols is 1. The third-order valence-corrected chi connectivity index (χ3v) is 3.59. The SMILES string of the molecule is O=C(O)c1cc(-c2ccc3c(c2O)CCCC3)n[nH]1. The lowest BCUT2D eigenvalue weighted by atomic mass is 9.89. The smallest absolute Gasteiger partial charge is 0.353 e. The number of nitrogens with one attached hydrogen (secondary N) is 1. The Morgan fingerprint density at radius 1 is 1.26 bits per heavy atom. The van der Waals surface area contributed by atoms with Gasteiger partial charge in [-0.15, -0.1) is 0 Å². The van der Waals surface area contributed by atoms with E-state index in [1.54, 1.807) is 6.07 Å². The van der Waals surface area contributed by atoms with Crippen LogP contribution in [0.25, 0.3) is 11.3 Å². The van der Waals surface area contributed by atoms with Crippen LogP contribution >= 0.6 is 0 Å². The Morgan fingerprint density at radius 2 is 2.05 bits per heavy atom. The summed E-state index contributed by atoms with van der Waals surface area (Å²) in [6, 6.07) is 5.24. The van der Waals surface area contributed by atoms with Crippen molar-refractivity contribution in [3.05, 3.63) is 35.0 Å². The molecule has 0 radical (unpaired) electrons. The number of nitrogens with zero attached hydrogens (tertiary/aromatic N) is 1. The number of aromatic amines is 1. The topological polar surface area (TPSA) is 86.2 Å². The monoisotopic (exact) mass is 258 g/mol. The molecule has 0 spiro atoms. The Bertz CT molecular complexity index is 646. The van der Waals surface area contributed by atoms with Crippen molar-refractivity contribution in [1.82, 2.24) is 10.2 Å². The van der Waals surface area contributed by atoms with E-state index in [0.717, 1.165) is 31.2 Å². The van der Waals surface area contributed by atoms with E-state index >= 15 is 0 Å². The van der Waals surface area contributed by atoms with Crippen LogP contribution in [0.4, 0.5) is 0 Å². The number of hydrogen-bond acceptors (Lipinski definition) is 3. The molecule has 19 heavy (non-hydrogen) atoms. The van der Waals surface area contributed by atoms with Crippen molar-refractivity contribution in [3.63, 3.8) is 0 Å². The molecule has 0 amide bonds. The van der Waals surface area contributed by atoms with Gasteiger partial charge in [-0.25, -0.2) is 4.79 Å². The maximum Gasteiger partial charge on any atom is 0.353 e. The van der Waals surface area contributed by atoms with Gasteiger partial charge in [0.1, 0.15) is 11.4 Å². The summed E-state index contributed by atoms with van der Waals surface area (Å²) in [4.78, 5) is 10.8. The second kappa shape index (κ2) is 4.42. The Morgan fingerprint density at radius 3 is 2.79 bits per heavy atom. The molecule has 1 aliphatic rings. The fraction of sp³-hybridized carbons (Fsp3) is 0.286. The number of fused-ring (bicyclic) bond motifs is 1. The second-order valence-electron chi connectivity index (χ2n) is 4.78. The number of carboxylic acid groups (broad SMARTS) is 1. The fourth-order valence-electron chi connectivity index (χ4n) is 2.58. The third-order valence-electron chi connectivity index (χ3n) is 3.59. The van der Waals surface area contributed by atoms with E-state index in [-0.39, 0.29) is 11.4 Å². The van der Waals surface area contributed by atoms with E-state index in [0.29, 0.717) is 11.3 Å². The average Bonchev–Trinajstić information content (AvgIpc) is 2.89. The molecule has 2 aromatic rings. The first-order chi connectivity index (χ1) is 9.16. The van der Waals surface area contributed by atoms with E-state index in [1.165, 1.54) is 11.6 Å². The highest BCUT2D eigenvalue weighted by Crippen LogP contribution is 2.36. The van der Waals surface area contributed by atoms with Crippen molar-refractivity contribution in [3.8, 4) is 17.0 Å². The fourth-order valence-corrected chi connectivity index (χ4v) is 2.58. The molecule has 1 heterocycles. The van der Waals surface area contributed by atoms with E-state index in [1.807, 2.05) is 6.07 Å². The zero-order chi connectivity index (χ0) is 13.4. The summed E-state index contributed by atoms with van der Waals surface area (Å²) in [7, 11) is 0. The first-order valence-electron chi connectivity index (χ1n) is 6.29. The van der Waals surface area contributed by atoms with E-state index in [2.05, 4.69) is 10.2 Å². The van der Waals surface area contributed by atoms with E-state index < -0.39 is 5.97 Å². The van der Waals surface area contributed by atoms with Gasteiger partial charge in [0.25, 0.3) is 0 Å². The summed E-state index contributed by atoms with van der Waals surface area (Å²) in [5.74, 6) is -0.822. The first kappa shape index (κ1) is 11.8. The minimum Gasteiger partial charge on any atom is -0.507 e. The van der Waals surface area contributed by atoms with Gasteiger partial charge in [-0.1, -0.05) is 6.07 Å². The van der Waals surface area contributed by atoms with Crippen molar-refractivity contribution >= 4 is 5.97 Å². The molecule has 0 aliphatic heterocycles. The van der Waals surface area contributed by atoms with Crippen molar-refractivity contribution in [2.24, 2.45) is 0 Å². The van der Waals surface area contributed by atoms with Crippen LogP contribution in [0.1, 0.15) is 34.5 Å². The van der Waals surface area contributed by atoms with Gasteiger partial charge in [-0.05, 0) is 48.9 Å². The van der Waals surface area contributed by atoms with Crippen molar-refractivity contribution in [2.45, 2.75) is 25.7 Å². The molecular weight excluding hydrogens is 244 g/mol. The van der Waals surface area contributed by atoms with Gasteiger partial charge in [-0.3, -0.25) is 5.10 Å². The van der Waals surface area contributed by atoms with Crippen LogP contribution in [0.5, 0.6) is 5.75 Å².